The highest BCUT2D eigenvalue weighted by Gasteiger charge is 2.50. The summed E-state index contributed by atoms with van der Waals surface area (Å²) in [5, 5.41) is 2.87. The van der Waals surface area contributed by atoms with E-state index in [1.807, 2.05) is 0 Å². The summed E-state index contributed by atoms with van der Waals surface area (Å²) in [6, 6.07) is 5.19. The number of rotatable bonds is 4. The minimum absolute atomic E-state index is 0.00672. The van der Waals surface area contributed by atoms with Crippen molar-refractivity contribution in [2.24, 2.45) is 7.05 Å². The number of nitrogens with zero attached hydrogens (tertiary/aromatic N) is 2. The summed E-state index contributed by atoms with van der Waals surface area (Å²) in [6.45, 7) is 2.39. The zero-order chi connectivity index (χ0) is 18.3. The van der Waals surface area contributed by atoms with E-state index in [9.17, 15) is 9.59 Å². The Morgan fingerprint density at radius 2 is 2.31 bits per heavy atom. The van der Waals surface area contributed by atoms with Gasteiger partial charge in [-0.3, -0.25) is 14.3 Å². The molecule has 0 radical (unpaired) electrons. The van der Waals surface area contributed by atoms with Crippen LogP contribution in [0.15, 0.2) is 27.4 Å². The third-order valence-electron chi connectivity index (χ3n) is 5.36. The normalized spacial score (nSPS) is 26.2. The van der Waals surface area contributed by atoms with Gasteiger partial charge in [-0.15, -0.1) is 0 Å². The van der Waals surface area contributed by atoms with E-state index in [-0.39, 0.29) is 24.2 Å². The molecule has 0 aliphatic carbocycles. The van der Waals surface area contributed by atoms with Crippen LogP contribution in [0.25, 0.3) is 11.1 Å². The number of carbonyl (C=O) groups is 1. The van der Waals surface area contributed by atoms with Gasteiger partial charge in [0.25, 0.3) is 0 Å². The molecule has 0 bridgehead atoms. The van der Waals surface area contributed by atoms with Crippen LogP contribution >= 0.6 is 0 Å². The van der Waals surface area contributed by atoms with Gasteiger partial charge >= 0.3 is 5.76 Å². The van der Waals surface area contributed by atoms with Gasteiger partial charge in [0.2, 0.25) is 5.91 Å². The number of anilines is 1. The number of benzene rings is 1. The van der Waals surface area contributed by atoms with E-state index >= 15 is 0 Å². The number of carbonyl (C=O) groups excluding carboxylic acids is 1. The number of likely N-dealkylation sites (tertiary alicyclic amines) is 1. The molecule has 1 aromatic carbocycles. The predicted octanol–water partition coefficient (Wildman–Crippen LogP) is 0.950. The van der Waals surface area contributed by atoms with Crippen LogP contribution in [0.1, 0.15) is 12.8 Å². The number of oxazole rings is 1. The number of amides is 1. The van der Waals surface area contributed by atoms with E-state index in [1.165, 1.54) is 4.57 Å². The standard InChI is InChI=1S/C18H23N3O5/c1-20-13-5-4-12(8-14(13)26-17(20)23)19-16(22)10-21-9-15(24-2)18(11-21)6-3-7-25-18/h4-5,8,15H,3,6-7,9-11H2,1-2H3,(H,19,22)/t15-,18-/m1/s1. The highest BCUT2D eigenvalue weighted by molar-refractivity contribution is 5.94. The largest absolute Gasteiger partial charge is 0.419 e. The van der Waals surface area contributed by atoms with E-state index in [0.717, 1.165) is 19.4 Å². The van der Waals surface area contributed by atoms with Gasteiger partial charge in [-0.1, -0.05) is 0 Å². The summed E-state index contributed by atoms with van der Waals surface area (Å²) in [6.07, 6.45) is 1.99. The van der Waals surface area contributed by atoms with Crippen LogP contribution < -0.4 is 11.1 Å². The lowest BCUT2D eigenvalue weighted by Gasteiger charge is -2.28. The summed E-state index contributed by atoms with van der Waals surface area (Å²) < 4.78 is 18.1. The lowest BCUT2D eigenvalue weighted by molar-refractivity contribution is -0.117. The molecule has 26 heavy (non-hydrogen) atoms. The predicted molar refractivity (Wildman–Crippen MR) is 95.2 cm³/mol. The maximum atomic E-state index is 12.4. The van der Waals surface area contributed by atoms with Crippen molar-refractivity contribution in [1.29, 1.82) is 0 Å². The van der Waals surface area contributed by atoms with Crippen molar-refractivity contribution in [3.8, 4) is 0 Å². The van der Waals surface area contributed by atoms with Gasteiger partial charge in [-0.05, 0) is 25.0 Å². The smallest absolute Gasteiger partial charge is 0.408 e. The quantitative estimate of drug-likeness (QED) is 0.873. The van der Waals surface area contributed by atoms with Crippen molar-refractivity contribution in [2.45, 2.75) is 24.5 Å². The Morgan fingerprint density at radius 3 is 3.04 bits per heavy atom. The van der Waals surface area contributed by atoms with Crippen LogP contribution in [0.3, 0.4) is 0 Å². The number of hydrogen-bond donors (Lipinski definition) is 1. The highest BCUT2D eigenvalue weighted by atomic mass is 16.6. The highest BCUT2D eigenvalue weighted by Crippen LogP contribution is 2.36. The molecule has 0 saturated carbocycles. The maximum absolute atomic E-state index is 12.4. The second-order valence-electron chi connectivity index (χ2n) is 7.07. The Morgan fingerprint density at radius 1 is 1.46 bits per heavy atom. The molecule has 1 amide bonds. The van der Waals surface area contributed by atoms with Crippen LogP contribution in [0.2, 0.25) is 0 Å². The summed E-state index contributed by atoms with van der Waals surface area (Å²) >= 11 is 0. The Labute approximate surface area is 150 Å². The van der Waals surface area contributed by atoms with E-state index < -0.39 is 5.76 Å². The third-order valence-corrected chi connectivity index (χ3v) is 5.36. The Bertz CT molecular complexity index is 881. The summed E-state index contributed by atoms with van der Waals surface area (Å²) in [4.78, 5) is 26.1. The molecule has 1 aromatic heterocycles. The molecule has 2 atom stereocenters. The topological polar surface area (TPSA) is 85.9 Å². The number of nitrogens with one attached hydrogen (secondary N) is 1. The number of fused-ring (bicyclic) bond motifs is 1. The van der Waals surface area contributed by atoms with Gasteiger partial charge in [0.05, 0.1) is 18.2 Å². The molecule has 1 spiro atoms. The minimum atomic E-state index is -0.423. The molecule has 0 unspecified atom stereocenters. The second kappa shape index (κ2) is 6.53. The first kappa shape index (κ1) is 17.3. The fourth-order valence-electron chi connectivity index (χ4n) is 4.07. The molecule has 2 saturated heterocycles. The van der Waals surface area contributed by atoms with Crippen molar-refractivity contribution < 1.29 is 18.7 Å². The zero-order valence-corrected chi connectivity index (χ0v) is 15.0. The monoisotopic (exact) mass is 361 g/mol. The summed E-state index contributed by atoms with van der Waals surface area (Å²) in [5.74, 6) is -0.541. The van der Waals surface area contributed by atoms with Crippen molar-refractivity contribution >= 4 is 22.7 Å². The third kappa shape index (κ3) is 2.94. The van der Waals surface area contributed by atoms with Gasteiger partial charge in [-0.2, -0.15) is 0 Å². The van der Waals surface area contributed by atoms with E-state index in [0.29, 0.717) is 29.9 Å². The van der Waals surface area contributed by atoms with E-state index in [1.54, 1.807) is 32.4 Å². The average Bonchev–Trinajstić information content (AvgIpc) is 3.28. The Balaban J connectivity index is 1.42. The van der Waals surface area contributed by atoms with Gasteiger partial charge < -0.3 is 19.2 Å². The number of aryl methyl sites for hydroxylation is 1. The molecular weight excluding hydrogens is 338 g/mol. The first-order valence-corrected chi connectivity index (χ1v) is 8.79. The number of aromatic nitrogens is 1. The molecule has 1 N–H and O–H groups in total. The van der Waals surface area contributed by atoms with Crippen molar-refractivity contribution in [3.63, 3.8) is 0 Å². The molecule has 4 rings (SSSR count). The lowest BCUT2D eigenvalue weighted by Crippen LogP contribution is -2.42. The number of ether oxygens (including phenoxy) is 2. The van der Waals surface area contributed by atoms with Gasteiger partial charge in [0.15, 0.2) is 5.58 Å². The number of hydrogen-bond acceptors (Lipinski definition) is 6. The first-order chi connectivity index (χ1) is 12.5. The van der Waals surface area contributed by atoms with Crippen LogP contribution in [-0.4, -0.2) is 60.4 Å². The molecule has 2 aliphatic heterocycles. The van der Waals surface area contributed by atoms with Crippen LogP contribution in [0.4, 0.5) is 5.69 Å². The van der Waals surface area contributed by atoms with Crippen LogP contribution in [0, 0.1) is 0 Å². The van der Waals surface area contributed by atoms with Gasteiger partial charge in [-0.25, -0.2) is 4.79 Å². The fraction of sp³-hybridized carbons (Fsp3) is 0.556. The Hall–Kier alpha value is -2.16. The van der Waals surface area contributed by atoms with Crippen molar-refractivity contribution in [1.82, 2.24) is 9.47 Å². The zero-order valence-electron chi connectivity index (χ0n) is 15.0. The van der Waals surface area contributed by atoms with Gasteiger partial charge in [0, 0.05) is 45.6 Å². The van der Waals surface area contributed by atoms with Crippen LogP contribution in [-0.2, 0) is 21.3 Å². The summed E-state index contributed by atoms with van der Waals surface area (Å²) in [7, 11) is 3.34. The number of methoxy groups -OCH3 is 1. The average molecular weight is 361 g/mol. The Kier molecular flexibility index (Phi) is 4.34. The minimum Gasteiger partial charge on any atom is -0.408 e. The molecule has 8 nitrogen and oxygen atoms in total. The first-order valence-electron chi connectivity index (χ1n) is 8.79. The molecule has 8 heteroatoms. The molecule has 2 aliphatic rings. The van der Waals surface area contributed by atoms with E-state index in [2.05, 4.69) is 10.2 Å². The van der Waals surface area contributed by atoms with Gasteiger partial charge in [0.1, 0.15) is 5.60 Å². The van der Waals surface area contributed by atoms with E-state index in [4.69, 9.17) is 13.9 Å². The molecular formula is C18H23N3O5. The van der Waals surface area contributed by atoms with Crippen LogP contribution in [0.5, 0.6) is 0 Å². The molecule has 2 aromatic rings. The van der Waals surface area contributed by atoms with Crippen molar-refractivity contribution in [2.75, 3.05) is 38.7 Å². The summed E-state index contributed by atoms with van der Waals surface area (Å²) in [5.41, 5.74) is 1.47. The molecule has 2 fully saturated rings. The lowest BCUT2D eigenvalue weighted by atomic mass is 9.97. The van der Waals surface area contributed by atoms with Crippen molar-refractivity contribution in [3.05, 3.63) is 28.7 Å². The maximum Gasteiger partial charge on any atom is 0.419 e. The SMILES string of the molecule is CO[C@@H]1CN(CC(=O)Nc2ccc3c(c2)oc(=O)n3C)C[C@]12CCCO2. The fourth-order valence-corrected chi connectivity index (χ4v) is 4.07. The molecule has 3 heterocycles. The second-order valence-corrected chi connectivity index (χ2v) is 7.07. The molecule has 140 valence electrons.